The Balaban J connectivity index is 2.11. The second-order valence-corrected chi connectivity index (χ2v) is 3.65. The molecule has 0 saturated carbocycles. The zero-order valence-electron chi connectivity index (χ0n) is 9.17. The van der Waals surface area contributed by atoms with Gasteiger partial charge in [0.1, 0.15) is 0 Å². The Bertz CT molecular complexity index is 467. The molecule has 0 unspecified atom stereocenters. The van der Waals surface area contributed by atoms with Crippen LogP contribution in [0.4, 0.5) is 0 Å². The standard InChI is InChI=1S/C11H14N4O/c1-9-3-2-5-12-11(9)8-15-7-10(4-6-16)13-14-15/h2-3,5,7,16H,4,6,8H2,1H3. The third-order valence-electron chi connectivity index (χ3n) is 2.38. The van der Waals surface area contributed by atoms with Gasteiger partial charge in [0, 0.05) is 25.4 Å². The SMILES string of the molecule is Cc1cccnc1Cn1cc(CCO)nn1. The van der Waals surface area contributed by atoms with Gasteiger partial charge in [0.2, 0.25) is 0 Å². The number of rotatable bonds is 4. The number of aliphatic hydroxyl groups excluding tert-OH is 1. The monoisotopic (exact) mass is 218 g/mol. The van der Waals surface area contributed by atoms with E-state index in [1.54, 1.807) is 10.9 Å². The highest BCUT2D eigenvalue weighted by molar-refractivity contribution is 5.17. The fraction of sp³-hybridized carbons (Fsp3) is 0.364. The zero-order chi connectivity index (χ0) is 11.4. The Labute approximate surface area is 93.8 Å². The van der Waals surface area contributed by atoms with Crippen LogP contribution in [0.15, 0.2) is 24.5 Å². The van der Waals surface area contributed by atoms with Crippen molar-refractivity contribution in [1.29, 1.82) is 0 Å². The molecule has 0 saturated heterocycles. The molecule has 84 valence electrons. The maximum Gasteiger partial charge on any atom is 0.0851 e. The highest BCUT2D eigenvalue weighted by Crippen LogP contribution is 2.05. The molecule has 1 N–H and O–H groups in total. The highest BCUT2D eigenvalue weighted by Gasteiger charge is 2.03. The first-order valence-electron chi connectivity index (χ1n) is 5.20. The van der Waals surface area contributed by atoms with Crippen molar-refractivity contribution in [3.05, 3.63) is 41.5 Å². The van der Waals surface area contributed by atoms with Gasteiger partial charge in [0.15, 0.2) is 0 Å². The van der Waals surface area contributed by atoms with Crippen LogP contribution in [0, 0.1) is 6.92 Å². The quantitative estimate of drug-likeness (QED) is 0.814. The largest absolute Gasteiger partial charge is 0.396 e. The number of nitrogens with zero attached hydrogens (tertiary/aromatic N) is 4. The van der Waals surface area contributed by atoms with Gasteiger partial charge in [-0.25, -0.2) is 4.68 Å². The molecule has 5 heteroatoms. The molecule has 5 nitrogen and oxygen atoms in total. The van der Waals surface area contributed by atoms with Crippen LogP contribution >= 0.6 is 0 Å². The number of aryl methyl sites for hydroxylation is 1. The molecule has 2 aromatic rings. The third-order valence-corrected chi connectivity index (χ3v) is 2.38. The Hall–Kier alpha value is -1.75. The van der Waals surface area contributed by atoms with Gasteiger partial charge < -0.3 is 5.11 Å². The summed E-state index contributed by atoms with van der Waals surface area (Å²) < 4.78 is 1.74. The second-order valence-electron chi connectivity index (χ2n) is 3.65. The van der Waals surface area contributed by atoms with Crippen LogP contribution in [0.25, 0.3) is 0 Å². The van der Waals surface area contributed by atoms with Gasteiger partial charge in [-0.1, -0.05) is 11.3 Å². The van der Waals surface area contributed by atoms with Gasteiger partial charge in [-0.15, -0.1) is 5.10 Å². The molecule has 0 aliphatic rings. The average molecular weight is 218 g/mol. The minimum absolute atomic E-state index is 0.0985. The van der Waals surface area contributed by atoms with E-state index in [-0.39, 0.29) is 6.61 Å². The van der Waals surface area contributed by atoms with Crippen LogP contribution in [-0.4, -0.2) is 31.7 Å². The first-order chi connectivity index (χ1) is 7.79. The predicted molar refractivity (Wildman–Crippen MR) is 58.9 cm³/mol. The summed E-state index contributed by atoms with van der Waals surface area (Å²) in [6.07, 6.45) is 4.15. The highest BCUT2D eigenvalue weighted by atomic mass is 16.3. The molecule has 0 amide bonds. The van der Waals surface area contributed by atoms with Crippen LogP contribution in [-0.2, 0) is 13.0 Å². The summed E-state index contributed by atoms with van der Waals surface area (Å²) in [7, 11) is 0. The summed E-state index contributed by atoms with van der Waals surface area (Å²) in [6.45, 7) is 2.74. The van der Waals surface area contributed by atoms with Crippen molar-refractivity contribution in [2.24, 2.45) is 0 Å². The Morgan fingerprint density at radius 2 is 2.31 bits per heavy atom. The van der Waals surface area contributed by atoms with Gasteiger partial charge in [-0.2, -0.15) is 0 Å². The molecule has 0 aliphatic heterocycles. The van der Waals surface area contributed by atoms with E-state index in [0.29, 0.717) is 13.0 Å². The third kappa shape index (κ3) is 2.43. The predicted octanol–water partition coefficient (Wildman–Crippen LogP) is 0.565. The van der Waals surface area contributed by atoms with E-state index in [9.17, 15) is 0 Å². The summed E-state index contributed by atoms with van der Waals surface area (Å²) in [5, 5.41) is 16.7. The summed E-state index contributed by atoms with van der Waals surface area (Å²) >= 11 is 0. The number of pyridine rings is 1. The maximum absolute atomic E-state index is 8.77. The normalized spacial score (nSPS) is 10.6. The molecule has 2 rings (SSSR count). The lowest BCUT2D eigenvalue weighted by atomic mass is 10.2. The molecule has 0 aliphatic carbocycles. The molecule has 0 fully saturated rings. The number of aliphatic hydroxyl groups is 1. The van der Waals surface area contributed by atoms with Crippen molar-refractivity contribution >= 4 is 0 Å². The number of hydrogen-bond donors (Lipinski definition) is 1. The lowest BCUT2D eigenvalue weighted by molar-refractivity contribution is 0.298. The lowest BCUT2D eigenvalue weighted by Gasteiger charge is -2.02. The van der Waals surface area contributed by atoms with E-state index >= 15 is 0 Å². The Morgan fingerprint density at radius 1 is 1.44 bits per heavy atom. The summed E-state index contributed by atoms with van der Waals surface area (Å²) in [4.78, 5) is 4.29. The topological polar surface area (TPSA) is 63.8 Å². The minimum Gasteiger partial charge on any atom is -0.396 e. The molecular weight excluding hydrogens is 204 g/mol. The number of aromatic nitrogens is 4. The van der Waals surface area contributed by atoms with E-state index in [2.05, 4.69) is 15.3 Å². The molecule has 16 heavy (non-hydrogen) atoms. The first kappa shape index (κ1) is 10.8. The van der Waals surface area contributed by atoms with Gasteiger partial charge in [-0.05, 0) is 18.6 Å². The zero-order valence-corrected chi connectivity index (χ0v) is 9.17. The molecule has 0 atom stereocenters. The Kier molecular flexibility index (Phi) is 3.26. The smallest absolute Gasteiger partial charge is 0.0851 e. The molecule has 0 bridgehead atoms. The van der Waals surface area contributed by atoms with Crippen LogP contribution < -0.4 is 0 Å². The number of hydrogen-bond acceptors (Lipinski definition) is 4. The van der Waals surface area contributed by atoms with E-state index in [4.69, 9.17) is 5.11 Å². The van der Waals surface area contributed by atoms with Gasteiger partial charge >= 0.3 is 0 Å². The molecule has 2 aromatic heterocycles. The lowest BCUT2D eigenvalue weighted by Crippen LogP contribution is -2.04. The van der Waals surface area contributed by atoms with Crippen molar-refractivity contribution in [3.8, 4) is 0 Å². The minimum atomic E-state index is 0.0985. The fourth-order valence-corrected chi connectivity index (χ4v) is 1.48. The van der Waals surface area contributed by atoms with Crippen LogP contribution in [0.3, 0.4) is 0 Å². The van der Waals surface area contributed by atoms with Crippen LogP contribution in [0.5, 0.6) is 0 Å². The van der Waals surface area contributed by atoms with E-state index in [1.165, 1.54) is 0 Å². The molecule has 0 spiro atoms. The van der Waals surface area contributed by atoms with Crippen LogP contribution in [0.2, 0.25) is 0 Å². The van der Waals surface area contributed by atoms with E-state index in [0.717, 1.165) is 17.0 Å². The van der Waals surface area contributed by atoms with Crippen molar-refractivity contribution in [2.45, 2.75) is 19.9 Å². The van der Waals surface area contributed by atoms with Crippen molar-refractivity contribution in [2.75, 3.05) is 6.61 Å². The molecule has 0 aromatic carbocycles. The van der Waals surface area contributed by atoms with Crippen molar-refractivity contribution in [1.82, 2.24) is 20.0 Å². The average Bonchev–Trinajstić information content (AvgIpc) is 2.70. The van der Waals surface area contributed by atoms with Crippen molar-refractivity contribution in [3.63, 3.8) is 0 Å². The van der Waals surface area contributed by atoms with Gasteiger partial charge in [0.05, 0.1) is 17.9 Å². The second kappa shape index (κ2) is 4.85. The van der Waals surface area contributed by atoms with Crippen molar-refractivity contribution < 1.29 is 5.11 Å². The Morgan fingerprint density at radius 3 is 3.06 bits per heavy atom. The van der Waals surface area contributed by atoms with Crippen LogP contribution in [0.1, 0.15) is 17.0 Å². The molecule has 2 heterocycles. The summed E-state index contributed by atoms with van der Waals surface area (Å²) in [6, 6.07) is 3.94. The molecule has 0 radical (unpaired) electrons. The summed E-state index contributed by atoms with van der Waals surface area (Å²) in [5.74, 6) is 0. The first-order valence-corrected chi connectivity index (χ1v) is 5.20. The van der Waals surface area contributed by atoms with Gasteiger partial charge in [0.25, 0.3) is 0 Å². The fourth-order valence-electron chi connectivity index (χ4n) is 1.48. The summed E-state index contributed by atoms with van der Waals surface area (Å²) in [5.41, 5.74) is 2.93. The van der Waals surface area contributed by atoms with E-state index in [1.807, 2.05) is 25.3 Å². The molecular formula is C11H14N4O. The van der Waals surface area contributed by atoms with Gasteiger partial charge in [-0.3, -0.25) is 4.98 Å². The maximum atomic E-state index is 8.77. The van der Waals surface area contributed by atoms with E-state index < -0.39 is 0 Å².